The summed E-state index contributed by atoms with van der Waals surface area (Å²) >= 11 is 1.50. The highest BCUT2D eigenvalue weighted by molar-refractivity contribution is 8.00. The largest absolute Gasteiger partial charge is 0.481 e. The average Bonchev–Trinajstić information content (AvgIpc) is 2.43. The van der Waals surface area contributed by atoms with Gasteiger partial charge in [-0.15, -0.1) is 0 Å². The van der Waals surface area contributed by atoms with Gasteiger partial charge in [0.1, 0.15) is 10.5 Å². The van der Waals surface area contributed by atoms with Crippen LogP contribution in [-0.2, 0) is 0 Å². The van der Waals surface area contributed by atoms with Gasteiger partial charge in [-0.1, -0.05) is 11.8 Å². The molecule has 1 aromatic rings. The maximum Gasteiger partial charge on any atom is 0.214 e. The summed E-state index contributed by atoms with van der Waals surface area (Å²) in [4.78, 5) is 4.22. The van der Waals surface area contributed by atoms with Crippen LogP contribution in [0.2, 0.25) is 0 Å². The zero-order chi connectivity index (χ0) is 8.55. The Labute approximate surface area is 74.5 Å². The molecule has 0 saturated carbocycles. The van der Waals surface area contributed by atoms with Gasteiger partial charge in [0.15, 0.2) is 0 Å². The van der Waals surface area contributed by atoms with Crippen LogP contribution in [0.5, 0.6) is 5.88 Å². The van der Waals surface area contributed by atoms with E-state index in [1.165, 1.54) is 11.8 Å². The average molecular weight is 183 g/mol. The number of nitrogens with one attached hydrogen (secondary N) is 1. The first-order valence-corrected chi connectivity index (χ1v) is 4.41. The lowest BCUT2D eigenvalue weighted by atomic mass is 10.4. The van der Waals surface area contributed by atoms with Crippen LogP contribution < -0.4 is 15.8 Å². The van der Waals surface area contributed by atoms with Crippen LogP contribution in [0.1, 0.15) is 0 Å². The number of nitrogens with two attached hydrogens (primary N) is 1. The molecule has 64 valence electrons. The van der Waals surface area contributed by atoms with Gasteiger partial charge in [0.05, 0.1) is 12.8 Å². The van der Waals surface area contributed by atoms with Gasteiger partial charge in [0.25, 0.3) is 0 Å². The zero-order valence-electron chi connectivity index (χ0n) is 6.57. The second kappa shape index (κ2) is 2.84. The van der Waals surface area contributed by atoms with E-state index < -0.39 is 0 Å². The van der Waals surface area contributed by atoms with Crippen LogP contribution in [-0.4, -0.2) is 17.6 Å². The van der Waals surface area contributed by atoms with E-state index in [0.717, 1.165) is 10.7 Å². The normalized spacial score (nSPS) is 20.0. The maximum absolute atomic E-state index is 5.65. The Balaban J connectivity index is 2.35. The smallest absolute Gasteiger partial charge is 0.214 e. The van der Waals surface area contributed by atoms with E-state index in [-0.39, 0.29) is 5.50 Å². The second-order valence-corrected chi connectivity index (χ2v) is 3.52. The van der Waals surface area contributed by atoms with E-state index in [0.29, 0.717) is 5.88 Å². The molecule has 1 aliphatic rings. The van der Waals surface area contributed by atoms with Crippen molar-refractivity contribution in [2.24, 2.45) is 5.73 Å². The maximum atomic E-state index is 5.65. The first-order chi connectivity index (χ1) is 5.79. The summed E-state index contributed by atoms with van der Waals surface area (Å²) in [6, 6.07) is 3.73. The number of methoxy groups -OCH3 is 1. The number of aromatic nitrogens is 1. The number of hydrogen-bond acceptors (Lipinski definition) is 5. The molecular formula is C7H9N3OS. The first-order valence-electron chi connectivity index (χ1n) is 3.53. The first kappa shape index (κ1) is 7.70. The van der Waals surface area contributed by atoms with Crippen molar-refractivity contribution < 1.29 is 4.74 Å². The molecule has 0 amide bonds. The molecule has 5 heteroatoms. The molecule has 0 aromatic carbocycles. The van der Waals surface area contributed by atoms with Crippen molar-refractivity contribution in [1.82, 2.24) is 4.98 Å². The van der Waals surface area contributed by atoms with Crippen LogP contribution >= 0.6 is 11.8 Å². The highest BCUT2D eigenvalue weighted by atomic mass is 32.2. The summed E-state index contributed by atoms with van der Waals surface area (Å²) in [7, 11) is 1.60. The molecular weight excluding hydrogens is 174 g/mol. The monoisotopic (exact) mass is 183 g/mol. The Morgan fingerprint density at radius 1 is 1.67 bits per heavy atom. The zero-order valence-corrected chi connectivity index (χ0v) is 7.39. The molecule has 0 saturated heterocycles. The van der Waals surface area contributed by atoms with E-state index in [4.69, 9.17) is 10.5 Å². The summed E-state index contributed by atoms with van der Waals surface area (Å²) < 4.78 is 4.98. The van der Waals surface area contributed by atoms with E-state index in [2.05, 4.69) is 10.3 Å². The minimum Gasteiger partial charge on any atom is -0.481 e. The molecule has 2 rings (SSSR count). The Bertz CT molecular complexity index is 305. The van der Waals surface area contributed by atoms with Gasteiger partial charge in [-0.25, -0.2) is 4.98 Å². The van der Waals surface area contributed by atoms with Crippen LogP contribution in [0, 0.1) is 0 Å². The number of thioether (sulfide) groups is 1. The van der Waals surface area contributed by atoms with Crippen LogP contribution in [0.3, 0.4) is 0 Å². The summed E-state index contributed by atoms with van der Waals surface area (Å²) in [6.45, 7) is 0. The fourth-order valence-corrected chi connectivity index (χ4v) is 1.86. The Morgan fingerprint density at radius 3 is 3.25 bits per heavy atom. The number of nitrogens with zero attached hydrogens (tertiary/aromatic N) is 1. The van der Waals surface area contributed by atoms with E-state index >= 15 is 0 Å². The predicted octanol–water partition coefficient (Wildman–Crippen LogP) is 0.850. The fourth-order valence-electron chi connectivity index (χ4n) is 1.04. The highest BCUT2D eigenvalue weighted by Gasteiger charge is 2.19. The van der Waals surface area contributed by atoms with Gasteiger partial charge in [-0.3, -0.25) is 0 Å². The molecule has 1 unspecified atom stereocenters. The number of rotatable bonds is 1. The molecule has 1 aromatic heterocycles. The molecule has 0 radical (unpaired) electrons. The van der Waals surface area contributed by atoms with Crippen molar-refractivity contribution in [3.63, 3.8) is 0 Å². The third-order valence-corrected chi connectivity index (χ3v) is 2.49. The molecule has 1 aliphatic heterocycles. The topological polar surface area (TPSA) is 60.2 Å². The number of ether oxygens (including phenoxy) is 1. The van der Waals surface area contributed by atoms with Gasteiger partial charge in [-0.2, -0.15) is 0 Å². The van der Waals surface area contributed by atoms with Crippen molar-refractivity contribution in [1.29, 1.82) is 0 Å². The van der Waals surface area contributed by atoms with Crippen molar-refractivity contribution in [2.75, 3.05) is 12.4 Å². The molecule has 0 bridgehead atoms. The Kier molecular flexibility index (Phi) is 1.82. The predicted molar refractivity (Wildman–Crippen MR) is 48.2 cm³/mol. The summed E-state index contributed by atoms with van der Waals surface area (Å²) in [5.41, 5.74) is 6.54. The number of fused-ring (bicyclic) bond motifs is 1. The van der Waals surface area contributed by atoms with Crippen LogP contribution in [0.25, 0.3) is 0 Å². The van der Waals surface area contributed by atoms with Gasteiger partial charge >= 0.3 is 0 Å². The van der Waals surface area contributed by atoms with Gasteiger partial charge in [0, 0.05) is 6.07 Å². The third-order valence-electron chi connectivity index (χ3n) is 1.58. The van der Waals surface area contributed by atoms with Crippen molar-refractivity contribution in [3.8, 4) is 5.88 Å². The van der Waals surface area contributed by atoms with Crippen molar-refractivity contribution >= 4 is 17.4 Å². The van der Waals surface area contributed by atoms with E-state index in [9.17, 15) is 0 Å². The molecule has 0 fully saturated rings. The molecule has 12 heavy (non-hydrogen) atoms. The third kappa shape index (κ3) is 1.21. The van der Waals surface area contributed by atoms with Crippen molar-refractivity contribution in [2.45, 2.75) is 10.5 Å². The minimum absolute atomic E-state index is 0.0837. The summed E-state index contributed by atoms with van der Waals surface area (Å²) in [5.74, 6) is 0.622. The lowest BCUT2D eigenvalue weighted by Gasteiger charge is -2.00. The Hall–Kier alpha value is -0.940. The fraction of sp³-hybridized carbons (Fsp3) is 0.286. The van der Waals surface area contributed by atoms with E-state index in [1.54, 1.807) is 7.11 Å². The molecule has 3 N–H and O–H groups in total. The summed E-state index contributed by atoms with van der Waals surface area (Å²) in [6.07, 6.45) is 0. The van der Waals surface area contributed by atoms with E-state index in [1.807, 2.05) is 12.1 Å². The van der Waals surface area contributed by atoms with Gasteiger partial charge < -0.3 is 15.8 Å². The van der Waals surface area contributed by atoms with Gasteiger partial charge in [-0.05, 0) is 6.07 Å². The summed E-state index contributed by atoms with van der Waals surface area (Å²) in [5, 5.41) is 3.98. The SMILES string of the molecule is COc1ccc2c(n1)SC(N)N2. The molecule has 2 heterocycles. The lowest BCUT2D eigenvalue weighted by molar-refractivity contribution is 0.395. The van der Waals surface area contributed by atoms with Gasteiger partial charge in [0.2, 0.25) is 5.88 Å². The second-order valence-electron chi connectivity index (χ2n) is 2.39. The molecule has 1 atom stereocenters. The lowest BCUT2D eigenvalue weighted by Crippen LogP contribution is -2.20. The molecule has 4 nitrogen and oxygen atoms in total. The van der Waals surface area contributed by atoms with Crippen LogP contribution in [0.15, 0.2) is 17.2 Å². The number of anilines is 1. The standard InChI is InChI=1S/C7H9N3OS/c1-11-5-3-2-4-6(10-5)12-7(8)9-4/h2-3,7,9H,8H2,1H3. The Morgan fingerprint density at radius 2 is 2.50 bits per heavy atom. The minimum atomic E-state index is -0.0837. The highest BCUT2D eigenvalue weighted by Crippen LogP contribution is 2.35. The molecule has 0 spiro atoms. The molecule has 0 aliphatic carbocycles. The van der Waals surface area contributed by atoms with Crippen LogP contribution in [0.4, 0.5) is 5.69 Å². The number of hydrogen-bond donors (Lipinski definition) is 2. The quantitative estimate of drug-likeness (QED) is 0.676. The number of pyridine rings is 1. The van der Waals surface area contributed by atoms with Crippen molar-refractivity contribution in [3.05, 3.63) is 12.1 Å².